The number of fused-ring (bicyclic) bond motifs is 1. The smallest absolute Gasteiger partial charge is 0.415 e. The molecule has 1 aliphatic rings. The van der Waals surface area contributed by atoms with Crippen molar-refractivity contribution in [2.24, 2.45) is 0 Å². The van der Waals surface area contributed by atoms with Crippen molar-refractivity contribution in [2.45, 2.75) is 38.8 Å². The lowest BCUT2D eigenvalue weighted by Gasteiger charge is -2.28. The summed E-state index contributed by atoms with van der Waals surface area (Å²) >= 11 is 0. The number of nitrogens with zero attached hydrogens (tertiary/aromatic N) is 1. The Hall–Kier alpha value is -1.62. The first-order chi connectivity index (χ1) is 9.33. The molecular formula is C15H20FNO3. The van der Waals surface area contributed by atoms with Crippen molar-refractivity contribution in [1.82, 2.24) is 0 Å². The molecule has 1 heterocycles. The summed E-state index contributed by atoms with van der Waals surface area (Å²) in [7, 11) is 1.56. The molecule has 1 aromatic carbocycles. The average Bonchev–Trinajstić information content (AvgIpc) is 2.67. The Bertz CT molecular complexity index is 510. The Labute approximate surface area is 118 Å². The topological polar surface area (TPSA) is 38.8 Å². The monoisotopic (exact) mass is 281 g/mol. The lowest BCUT2D eigenvalue weighted by atomic mass is 10.1. The Morgan fingerprint density at radius 2 is 2.15 bits per heavy atom. The molecule has 0 unspecified atom stereocenters. The Kier molecular flexibility index (Phi) is 3.99. The number of ether oxygens (including phenoxy) is 2. The number of hydrogen-bond acceptors (Lipinski definition) is 3. The predicted molar refractivity (Wildman–Crippen MR) is 74.5 cm³/mol. The van der Waals surface area contributed by atoms with E-state index in [1.165, 1.54) is 11.0 Å². The van der Waals surface area contributed by atoms with Gasteiger partial charge in [-0.2, -0.15) is 0 Å². The summed E-state index contributed by atoms with van der Waals surface area (Å²) in [5, 5.41) is 0. The fourth-order valence-corrected chi connectivity index (χ4v) is 2.38. The maximum absolute atomic E-state index is 13.9. The van der Waals surface area contributed by atoms with E-state index in [9.17, 15) is 9.18 Å². The van der Waals surface area contributed by atoms with Crippen molar-refractivity contribution >= 4 is 11.8 Å². The van der Waals surface area contributed by atoms with Crippen LogP contribution in [0.4, 0.5) is 14.9 Å². The van der Waals surface area contributed by atoms with E-state index in [1.807, 2.05) is 0 Å². The summed E-state index contributed by atoms with van der Waals surface area (Å²) in [6.45, 7) is 5.75. The van der Waals surface area contributed by atoms with Crippen LogP contribution in [0.2, 0.25) is 0 Å². The second kappa shape index (κ2) is 5.40. The number of halogens is 1. The van der Waals surface area contributed by atoms with Gasteiger partial charge >= 0.3 is 6.09 Å². The molecule has 0 saturated heterocycles. The van der Waals surface area contributed by atoms with Gasteiger partial charge in [0.25, 0.3) is 0 Å². The van der Waals surface area contributed by atoms with Crippen LogP contribution >= 0.6 is 0 Å². The summed E-state index contributed by atoms with van der Waals surface area (Å²) < 4.78 is 24.4. The van der Waals surface area contributed by atoms with Gasteiger partial charge in [0.2, 0.25) is 0 Å². The van der Waals surface area contributed by atoms with Crippen molar-refractivity contribution < 1.29 is 18.7 Å². The highest BCUT2D eigenvalue weighted by molar-refractivity contribution is 5.91. The number of carbonyl (C=O) groups is 1. The molecule has 0 aliphatic carbocycles. The first-order valence-electron chi connectivity index (χ1n) is 6.62. The zero-order valence-electron chi connectivity index (χ0n) is 12.3. The minimum absolute atomic E-state index is 0.234. The van der Waals surface area contributed by atoms with Gasteiger partial charge in [-0.25, -0.2) is 9.18 Å². The molecule has 0 aromatic heterocycles. The Morgan fingerprint density at radius 1 is 1.45 bits per heavy atom. The number of hydrogen-bond donors (Lipinski definition) is 0. The maximum Gasteiger partial charge on any atom is 0.415 e. The first-order valence-corrected chi connectivity index (χ1v) is 6.62. The van der Waals surface area contributed by atoms with Gasteiger partial charge in [-0.1, -0.05) is 6.07 Å². The highest BCUT2D eigenvalue weighted by Crippen LogP contribution is 2.35. The standard InChI is InChI=1S/C15H20FNO3/c1-15(2,3)20-14(18)17-10(9-19-4)8-11-12(16)6-5-7-13(11)17/h5-7,10H,8-9H2,1-4H3/t10-/m0/s1. The molecule has 20 heavy (non-hydrogen) atoms. The molecule has 5 heteroatoms. The third-order valence-corrected chi connectivity index (χ3v) is 3.11. The number of rotatable bonds is 2. The van der Waals surface area contributed by atoms with Gasteiger partial charge in [0.1, 0.15) is 11.4 Å². The highest BCUT2D eigenvalue weighted by atomic mass is 19.1. The van der Waals surface area contributed by atoms with E-state index in [2.05, 4.69) is 0 Å². The number of benzene rings is 1. The summed E-state index contributed by atoms with van der Waals surface area (Å²) in [5.41, 5.74) is 0.520. The quantitative estimate of drug-likeness (QED) is 0.836. The normalized spacial score (nSPS) is 18.1. The van der Waals surface area contributed by atoms with Gasteiger partial charge in [0, 0.05) is 19.1 Å². The van der Waals surface area contributed by atoms with Crippen LogP contribution < -0.4 is 4.90 Å². The lowest BCUT2D eigenvalue weighted by molar-refractivity contribution is 0.0548. The van der Waals surface area contributed by atoms with Crippen LogP contribution in [-0.2, 0) is 15.9 Å². The molecule has 0 bridgehead atoms. The van der Waals surface area contributed by atoms with Crippen molar-refractivity contribution in [3.8, 4) is 0 Å². The van der Waals surface area contributed by atoms with Gasteiger partial charge in [-0.3, -0.25) is 4.90 Å². The first kappa shape index (κ1) is 14.8. The molecule has 1 amide bonds. The van der Waals surface area contributed by atoms with E-state index in [4.69, 9.17) is 9.47 Å². The van der Waals surface area contributed by atoms with Crippen molar-refractivity contribution in [3.05, 3.63) is 29.6 Å². The molecule has 0 spiro atoms. The molecule has 1 atom stereocenters. The van der Waals surface area contributed by atoms with Gasteiger partial charge in [0.05, 0.1) is 18.3 Å². The molecule has 0 saturated carbocycles. The van der Waals surface area contributed by atoms with E-state index in [-0.39, 0.29) is 11.9 Å². The Balaban J connectivity index is 2.33. The van der Waals surface area contributed by atoms with E-state index in [0.717, 1.165) is 0 Å². The molecule has 0 radical (unpaired) electrons. The lowest BCUT2D eigenvalue weighted by Crippen LogP contribution is -2.43. The van der Waals surface area contributed by atoms with Gasteiger partial charge in [0.15, 0.2) is 0 Å². The van der Waals surface area contributed by atoms with Crippen LogP contribution in [0.1, 0.15) is 26.3 Å². The predicted octanol–water partition coefficient (Wildman–Crippen LogP) is 3.14. The van der Waals surface area contributed by atoms with Crippen LogP contribution in [-0.4, -0.2) is 31.5 Å². The second-order valence-corrected chi connectivity index (χ2v) is 5.90. The molecule has 1 aromatic rings. The zero-order chi connectivity index (χ0) is 14.9. The minimum Gasteiger partial charge on any atom is -0.443 e. The fourth-order valence-electron chi connectivity index (χ4n) is 2.38. The average molecular weight is 281 g/mol. The molecule has 110 valence electrons. The van der Waals surface area contributed by atoms with Crippen molar-refractivity contribution in [2.75, 3.05) is 18.6 Å². The molecule has 2 rings (SSSR count). The molecular weight excluding hydrogens is 261 g/mol. The van der Waals surface area contributed by atoms with E-state index in [1.54, 1.807) is 40.0 Å². The van der Waals surface area contributed by atoms with Gasteiger partial charge < -0.3 is 9.47 Å². The third kappa shape index (κ3) is 2.93. The van der Waals surface area contributed by atoms with Crippen LogP contribution in [0, 0.1) is 5.82 Å². The second-order valence-electron chi connectivity index (χ2n) is 5.90. The maximum atomic E-state index is 13.9. The fraction of sp³-hybridized carbons (Fsp3) is 0.533. The largest absolute Gasteiger partial charge is 0.443 e. The van der Waals surface area contributed by atoms with Crippen LogP contribution in [0.5, 0.6) is 0 Å². The molecule has 1 aliphatic heterocycles. The summed E-state index contributed by atoms with van der Waals surface area (Å²) in [5.74, 6) is -0.297. The van der Waals surface area contributed by atoms with Crippen LogP contribution in [0.3, 0.4) is 0 Å². The molecule has 4 nitrogen and oxygen atoms in total. The van der Waals surface area contributed by atoms with Crippen molar-refractivity contribution in [3.63, 3.8) is 0 Å². The van der Waals surface area contributed by atoms with E-state index >= 15 is 0 Å². The molecule has 0 N–H and O–H groups in total. The van der Waals surface area contributed by atoms with Gasteiger partial charge in [-0.15, -0.1) is 0 Å². The summed E-state index contributed by atoms with van der Waals surface area (Å²) in [6, 6.07) is 4.50. The summed E-state index contributed by atoms with van der Waals surface area (Å²) in [4.78, 5) is 13.8. The minimum atomic E-state index is -0.592. The third-order valence-electron chi connectivity index (χ3n) is 3.11. The zero-order valence-corrected chi connectivity index (χ0v) is 12.3. The number of carbonyl (C=O) groups excluding carboxylic acids is 1. The van der Waals surface area contributed by atoms with Crippen LogP contribution in [0.15, 0.2) is 18.2 Å². The number of methoxy groups -OCH3 is 1. The molecule has 0 fully saturated rings. The number of anilines is 1. The van der Waals surface area contributed by atoms with E-state index in [0.29, 0.717) is 24.3 Å². The summed E-state index contributed by atoms with van der Waals surface area (Å²) in [6.07, 6.45) is -0.0290. The SMILES string of the molecule is COC[C@@H]1Cc2c(F)cccc2N1C(=O)OC(C)(C)C. The van der Waals surface area contributed by atoms with Crippen LogP contribution in [0.25, 0.3) is 0 Å². The van der Waals surface area contributed by atoms with Gasteiger partial charge in [-0.05, 0) is 32.9 Å². The highest BCUT2D eigenvalue weighted by Gasteiger charge is 2.37. The number of amides is 1. The Morgan fingerprint density at radius 3 is 2.75 bits per heavy atom. The van der Waals surface area contributed by atoms with E-state index < -0.39 is 11.7 Å². The van der Waals surface area contributed by atoms with Crippen molar-refractivity contribution in [1.29, 1.82) is 0 Å².